The molecule has 23 heavy (non-hydrogen) atoms. The van der Waals surface area contributed by atoms with Crippen molar-refractivity contribution in [3.8, 4) is 10.6 Å². The Balaban J connectivity index is 1.90. The number of rotatable bonds is 3. The highest BCUT2D eigenvalue weighted by atomic mass is 32.1. The van der Waals surface area contributed by atoms with Crippen LogP contribution in [0.25, 0.3) is 10.6 Å². The smallest absolute Gasteiger partial charge is 0.275 e. The first-order valence-corrected chi connectivity index (χ1v) is 7.66. The van der Waals surface area contributed by atoms with Crippen molar-refractivity contribution in [1.82, 2.24) is 4.98 Å². The highest BCUT2D eigenvalue weighted by molar-refractivity contribution is 7.15. The van der Waals surface area contributed by atoms with Gasteiger partial charge in [0.25, 0.3) is 5.91 Å². The molecule has 3 rings (SSSR count). The van der Waals surface area contributed by atoms with Gasteiger partial charge in [-0.1, -0.05) is 36.4 Å². The van der Waals surface area contributed by atoms with E-state index in [1.165, 1.54) is 17.4 Å². The zero-order chi connectivity index (χ0) is 16.4. The van der Waals surface area contributed by atoms with Crippen molar-refractivity contribution < 1.29 is 13.6 Å². The summed E-state index contributed by atoms with van der Waals surface area (Å²) >= 11 is 1.36. The molecule has 3 nitrogen and oxygen atoms in total. The topological polar surface area (TPSA) is 42.0 Å². The number of nitrogens with zero attached hydrogens (tertiary/aromatic N) is 1. The monoisotopic (exact) mass is 330 g/mol. The zero-order valence-electron chi connectivity index (χ0n) is 12.1. The molecule has 1 amide bonds. The van der Waals surface area contributed by atoms with E-state index in [0.29, 0.717) is 9.88 Å². The van der Waals surface area contributed by atoms with E-state index in [4.69, 9.17) is 0 Å². The average Bonchev–Trinajstić information content (AvgIpc) is 2.94. The maximum atomic E-state index is 13.6. The number of carbonyl (C=O) groups is 1. The molecular formula is C17H12F2N2OS. The third kappa shape index (κ3) is 3.12. The van der Waals surface area contributed by atoms with Crippen molar-refractivity contribution in [3.05, 3.63) is 70.7 Å². The summed E-state index contributed by atoms with van der Waals surface area (Å²) in [6, 6.07) is 12.8. The molecule has 1 aromatic heterocycles. The Morgan fingerprint density at radius 3 is 2.35 bits per heavy atom. The number of thiazole rings is 1. The van der Waals surface area contributed by atoms with Gasteiger partial charge in [-0.25, -0.2) is 13.8 Å². The van der Waals surface area contributed by atoms with Crippen LogP contribution in [0.15, 0.2) is 48.5 Å². The van der Waals surface area contributed by atoms with E-state index in [2.05, 4.69) is 10.3 Å². The van der Waals surface area contributed by atoms with Crippen molar-refractivity contribution in [2.45, 2.75) is 6.92 Å². The molecular weight excluding hydrogens is 318 g/mol. The molecule has 0 bridgehead atoms. The lowest BCUT2D eigenvalue weighted by molar-refractivity contribution is 0.102. The number of halogens is 2. The molecule has 0 unspecified atom stereocenters. The summed E-state index contributed by atoms with van der Waals surface area (Å²) in [5.41, 5.74) is 0.583. The quantitative estimate of drug-likeness (QED) is 0.759. The van der Waals surface area contributed by atoms with Crippen LogP contribution >= 0.6 is 11.3 Å². The molecule has 0 spiro atoms. The lowest BCUT2D eigenvalue weighted by atomic mass is 10.2. The standard InChI is InChI=1S/C17H12F2N2OS/c1-10-14(21-17(23-10)11-6-3-2-4-7-11)16(22)20-15-12(18)8-5-9-13(15)19/h2-9H,1H3,(H,20,22). The summed E-state index contributed by atoms with van der Waals surface area (Å²) in [5.74, 6) is -2.28. The maximum Gasteiger partial charge on any atom is 0.275 e. The third-order valence-electron chi connectivity index (χ3n) is 3.23. The molecule has 0 radical (unpaired) electrons. The number of amides is 1. The van der Waals surface area contributed by atoms with Gasteiger partial charge < -0.3 is 5.32 Å². The van der Waals surface area contributed by atoms with Gasteiger partial charge in [-0.3, -0.25) is 4.79 Å². The highest BCUT2D eigenvalue weighted by Crippen LogP contribution is 2.28. The van der Waals surface area contributed by atoms with E-state index in [0.717, 1.165) is 17.7 Å². The second-order valence-corrected chi connectivity index (χ2v) is 6.04. The molecule has 1 N–H and O–H groups in total. The van der Waals surface area contributed by atoms with Crippen LogP contribution in [-0.4, -0.2) is 10.9 Å². The number of carbonyl (C=O) groups excluding carboxylic acids is 1. The number of para-hydroxylation sites is 1. The minimum Gasteiger partial charge on any atom is -0.316 e. The minimum absolute atomic E-state index is 0.163. The second kappa shape index (κ2) is 6.26. The third-order valence-corrected chi connectivity index (χ3v) is 4.25. The van der Waals surface area contributed by atoms with Gasteiger partial charge in [0, 0.05) is 10.4 Å². The van der Waals surface area contributed by atoms with Crippen molar-refractivity contribution in [2.75, 3.05) is 5.32 Å². The van der Waals surface area contributed by atoms with Gasteiger partial charge in [0.15, 0.2) is 0 Å². The summed E-state index contributed by atoms with van der Waals surface area (Å²) in [6.07, 6.45) is 0. The van der Waals surface area contributed by atoms with E-state index in [9.17, 15) is 13.6 Å². The molecule has 2 aromatic carbocycles. The van der Waals surface area contributed by atoms with Crippen LogP contribution in [0.1, 0.15) is 15.4 Å². The Morgan fingerprint density at radius 1 is 1.04 bits per heavy atom. The zero-order valence-corrected chi connectivity index (χ0v) is 13.0. The largest absolute Gasteiger partial charge is 0.316 e. The van der Waals surface area contributed by atoms with Gasteiger partial charge in [0.1, 0.15) is 28.0 Å². The number of benzene rings is 2. The number of hydrogen-bond acceptors (Lipinski definition) is 3. The minimum atomic E-state index is -0.825. The van der Waals surface area contributed by atoms with Gasteiger partial charge in [0.05, 0.1) is 0 Å². The van der Waals surface area contributed by atoms with E-state index in [-0.39, 0.29) is 5.69 Å². The van der Waals surface area contributed by atoms with Gasteiger partial charge in [-0.2, -0.15) is 0 Å². The lowest BCUT2D eigenvalue weighted by Gasteiger charge is -2.06. The molecule has 3 aromatic rings. The van der Waals surface area contributed by atoms with Crippen LogP contribution < -0.4 is 5.32 Å². The predicted molar refractivity (Wildman–Crippen MR) is 86.6 cm³/mol. The van der Waals surface area contributed by atoms with Crippen LogP contribution in [0.4, 0.5) is 14.5 Å². The molecule has 0 aliphatic carbocycles. The second-order valence-electron chi connectivity index (χ2n) is 4.84. The number of anilines is 1. The van der Waals surface area contributed by atoms with Crippen molar-refractivity contribution in [3.63, 3.8) is 0 Å². The van der Waals surface area contributed by atoms with Crippen molar-refractivity contribution in [1.29, 1.82) is 0 Å². The maximum absolute atomic E-state index is 13.6. The fraction of sp³-hybridized carbons (Fsp3) is 0.0588. The highest BCUT2D eigenvalue weighted by Gasteiger charge is 2.19. The van der Waals surface area contributed by atoms with Crippen LogP contribution in [-0.2, 0) is 0 Å². The van der Waals surface area contributed by atoms with Gasteiger partial charge in [-0.05, 0) is 19.1 Å². The fourth-order valence-electron chi connectivity index (χ4n) is 2.10. The Labute approximate surface area is 135 Å². The summed E-state index contributed by atoms with van der Waals surface area (Å²) in [6.45, 7) is 1.75. The molecule has 0 saturated carbocycles. The first-order valence-electron chi connectivity index (χ1n) is 6.84. The molecule has 0 fully saturated rings. The SMILES string of the molecule is Cc1sc(-c2ccccc2)nc1C(=O)Nc1c(F)cccc1F. The van der Waals surface area contributed by atoms with E-state index < -0.39 is 23.2 Å². The normalized spacial score (nSPS) is 10.6. The molecule has 0 atom stereocenters. The van der Waals surface area contributed by atoms with E-state index in [1.54, 1.807) is 6.92 Å². The summed E-state index contributed by atoms with van der Waals surface area (Å²) in [4.78, 5) is 17.3. The van der Waals surface area contributed by atoms with E-state index in [1.807, 2.05) is 30.3 Å². The first kappa shape index (κ1) is 15.3. The van der Waals surface area contributed by atoms with Gasteiger partial charge >= 0.3 is 0 Å². The summed E-state index contributed by atoms with van der Waals surface area (Å²) in [5, 5.41) is 2.94. The van der Waals surface area contributed by atoms with Crippen LogP contribution in [0, 0.1) is 18.6 Å². The average molecular weight is 330 g/mol. The van der Waals surface area contributed by atoms with E-state index >= 15 is 0 Å². The van der Waals surface area contributed by atoms with Crippen LogP contribution in [0.5, 0.6) is 0 Å². The van der Waals surface area contributed by atoms with Gasteiger partial charge in [0.2, 0.25) is 0 Å². The number of hydrogen-bond donors (Lipinski definition) is 1. The Kier molecular flexibility index (Phi) is 4.16. The predicted octanol–water partition coefficient (Wildman–Crippen LogP) is 4.65. The van der Waals surface area contributed by atoms with Crippen molar-refractivity contribution in [2.24, 2.45) is 0 Å². The lowest BCUT2D eigenvalue weighted by Crippen LogP contribution is -2.15. The van der Waals surface area contributed by atoms with Crippen molar-refractivity contribution >= 4 is 22.9 Å². The number of nitrogens with one attached hydrogen (secondary N) is 1. The van der Waals surface area contributed by atoms with Gasteiger partial charge in [-0.15, -0.1) is 11.3 Å². The fourth-order valence-corrected chi connectivity index (χ4v) is 3.02. The van der Waals surface area contributed by atoms with Crippen LogP contribution in [0.3, 0.4) is 0 Å². The molecule has 0 aliphatic rings. The molecule has 6 heteroatoms. The Hall–Kier alpha value is -2.60. The molecule has 0 aliphatic heterocycles. The molecule has 0 saturated heterocycles. The molecule has 116 valence electrons. The Morgan fingerprint density at radius 2 is 1.70 bits per heavy atom. The molecule has 1 heterocycles. The Bertz CT molecular complexity index is 842. The summed E-state index contributed by atoms with van der Waals surface area (Å²) < 4.78 is 27.2. The number of aryl methyl sites for hydroxylation is 1. The van der Waals surface area contributed by atoms with Crippen LogP contribution in [0.2, 0.25) is 0 Å². The summed E-state index contributed by atoms with van der Waals surface area (Å²) in [7, 11) is 0. The first-order chi connectivity index (χ1) is 11.1. The number of aromatic nitrogens is 1.